The van der Waals surface area contributed by atoms with Crippen LogP contribution >= 0.6 is 0 Å². The molecule has 0 fully saturated rings. The van der Waals surface area contributed by atoms with Crippen LogP contribution in [-0.2, 0) is 0 Å². The molecule has 0 aromatic heterocycles. The van der Waals surface area contributed by atoms with Crippen LogP contribution in [0.3, 0.4) is 0 Å². The second-order valence-corrected chi connectivity index (χ2v) is 5.26. The van der Waals surface area contributed by atoms with Gasteiger partial charge in [-0.05, 0) is 31.4 Å². The van der Waals surface area contributed by atoms with Crippen molar-refractivity contribution in [3.8, 4) is 11.8 Å². The quantitative estimate of drug-likeness (QED) is 0.810. The lowest BCUT2D eigenvalue weighted by atomic mass is 10.0. The summed E-state index contributed by atoms with van der Waals surface area (Å²) in [7, 11) is 0. The maximum absolute atomic E-state index is 12.2. The van der Waals surface area contributed by atoms with Crippen molar-refractivity contribution in [2.45, 2.75) is 33.6 Å². The molecule has 0 radical (unpaired) electrons. The van der Waals surface area contributed by atoms with Gasteiger partial charge in [-0.2, -0.15) is 0 Å². The van der Waals surface area contributed by atoms with E-state index in [0.29, 0.717) is 30.0 Å². The summed E-state index contributed by atoms with van der Waals surface area (Å²) in [4.78, 5) is 12.2. The first-order valence-electron chi connectivity index (χ1n) is 7.03. The number of amides is 1. The van der Waals surface area contributed by atoms with Gasteiger partial charge in [0.25, 0.3) is 5.91 Å². The summed E-state index contributed by atoms with van der Waals surface area (Å²) in [6, 6.07) is 5.65. The van der Waals surface area contributed by atoms with Gasteiger partial charge in [0.2, 0.25) is 0 Å². The van der Waals surface area contributed by atoms with Crippen molar-refractivity contribution in [1.82, 2.24) is 5.32 Å². The molecular weight excluding hydrogens is 250 g/mol. The first-order chi connectivity index (χ1) is 9.54. The Morgan fingerprint density at radius 2 is 2.15 bits per heavy atom. The highest BCUT2D eigenvalue weighted by Crippen LogP contribution is 2.11. The van der Waals surface area contributed by atoms with Gasteiger partial charge >= 0.3 is 0 Å². The van der Waals surface area contributed by atoms with Crippen LogP contribution in [0.2, 0.25) is 0 Å². The monoisotopic (exact) mass is 273 g/mol. The molecule has 3 nitrogen and oxygen atoms in total. The minimum absolute atomic E-state index is 0.0365. The van der Waals surface area contributed by atoms with Gasteiger partial charge < -0.3 is 10.4 Å². The number of aliphatic hydroxyl groups is 1. The van der Waals surface area contributed by atoms with Gasteiger partial charge in [-0.3, -0.25) is 4.79 Å². The molecule has 1 rings (SSSR count). The number of carbonyl (C=O) groups excluding carboxylic acids is 1. The zero-order valence-electron chi connectivity index (χ0n) is 12.5. The topological polar surface area (TPSA) is 49.3 Å². The molecule has 2 N–H and O–H groups in total. The maximum Gasteiger partial charge on any atom is 0.252 e. The summed E-state index contributed by atoms with van der Waals surface area (Å²) in [5, 5.41) is 11.7. The van der Waals surface area contributed by atoms with E-state index in [-0.39, 0.29) is 12.5 Å². The second-order valence-electron chi connectivity index (χ2n) is 5.26. The van der Waals surface area contributed by atoms with Gasteiger partial charge in [-0.15, -0.1) is 0 Å². The molecule has 0 unspecified atom stereocenters. The number of rotatable bonds is 5. The summed E-state index contributed by atoms with van der Waals surface area (Å²) in [5.74, 6) is 6.30. The molecule has 0 bridgehead atoms. The first-order valence-corrected chi connectivity index (χ1v) is 7.03. The lowest BCUT2D eigenvalue weighted by Crippen LogP contribution is -2.26. The van der Waals surface area contributed by atoms with Crippen LogP contribution in [0.1, 0.15) is 48.2 Å². The van der Waals surface area contributed by atoms with Crippen molar-refractivity contribution in [2.24, 2.45) is 5.92 Å². The highest BCUT2D eigenvalue weighted by Gasteiger charge is 2.10. The SMILES string of the molecule is Cc1ccc(C#CCCO)c(C(=O)NCCC(C)C)c1. The molecule has 0 saturated heterocycles. The van der Waals surface area contributed by atoms with Crippen LogP contribution in [0.5, 0.6) is 0 Å². The largest absolute Gasteiger partial charge is 0.395 e. The average Bonchev–Trinajstić information content (AvgIpc) is 2.40. The Balaban J connectivity index is 2.83. The van der Waals surface area contributed by atoms with E-state index in [9.17, 15) is 4.79 Å². The maximum atomic E-state index is 12.2. The fourth-order valence-corrected chi connectivity index (χ4v) is 1.74. The highest BCUT2D eigenvalue weighted by molar-refractivity contribution is 5.96. The van der Waals surface area contributed by atoms with Gasteiger partial charge in [-0.1, -0.05) is 37.3 Å². The van der Waals surface area contributed by atoms with Gasteiger partial charge in [0.15, 0.2) is 0 Å². The third-order valence-corrected chi connectivity index (χ3v) is 2.89. The minimum Gasteiger partial charge on any atom is -0.395 e. The molecule has 0 aliphatic rings. The zero-order chi connectivity index (χ0) is 15.0. The van der Waals surface area contributed by atoms with Crippen molar-refractivity contribution in [1.29, 1.82) is 0 Å². The summed E-state index contributed by atoms with van der Waals surface area (Å²) in [6.07, 6.45) is 1.38. The van der Waals surface area contributed by atoms with E-state index in [4.69, 9.17) is 5.11 Å². The average molecular weight is 273 g/mol. The van der Waals surface area contributed by atoms with E-state index in [1.54, 1.807) is 0 Å². The van der Waals surface area contributed by atoms with Crippen molar-refractivity contribution >= 4 is 5.91 Å². The lowest BCUT2D eigenvalue weighted by molar-refractivity contribution is 0.0951. The van der Waals surface area contributed by atoms with Crippen LogP contribution in [0.25, 0.3) is 0 Å². The van der Waals surface area contributed by atoms with Crippen LogP contribution in [0, 0.1) is 24.7 Å². The van der Waals surface area contributed by atoms with Gasteiger partial charge in [0.1, 0.15) is 0 Å². The van der Waals surface area contributed by atoms with Crippen LogP contribution in [0.4, 0.5) is 0 Å². The number of hydrogen-bond acceptors (Lipinski definition) is 2. The molecule has 20 heavy (non-hydrogen) atoms. The molecule has 1 amide bonds. The van der Waals surface area contributed by atoms with E-state index in [1.165, 1.54) is 0 Å². The van der Waals surface area contributed by atoms with Crippen LogP contribution in [0.15, 0.2) is 18.2 Å². The Morgan fingerprint density at radius 3 is 2.80 bits per heavy atom. The van der Waals surface area contributed by atoms with Crippen LogP contribution < -0.4 is 5.32 Å². The van der Waals surface area contributed by atoms with Crippen molar-refractivity contribution in [3.63, 3.8) is 0 Å². The molecule has 108 valence electrons. The molecule has 0 heterocycles. The Morgan fingerprint density at radius 1 is 1.40 bits per heavy atom. The molecule has 0 aliphatic heterocycles. The lowest BCUT2D eigenvalue weighted by Gasteiger charge is -2.09. The molecule has 0 spiro atoms. The fourth-order valence-electron chi connectivity index (χ4n) is 1.74. The van der Waals surface area contributed by atoms with Crippen molar-refractivity contribution in [2.75, 3.05) is 13.2 Å². The Labute approximate surface area is 121 Å². The Hall–Kier alpha value is -1.79. The summed E-state index contributed by atoms with van der Waals surface area (Å²) in [6.45, 7) is 6.92. The molecular formula is C17H23NO2. The number of carbonyl (C=O) groups is 1. The molecule has 0 saturated carbocycles. The number of hydrogen-bond donors (Lipinski definition) is 2. The van der Waals surface area contributed by atoms with Crippen LogP contribution in [-0.4, -0.2) is 24.2 Å². The smallest absolute Gasteiger partial charge is 0.252 e. The summed E-state index contributed by atoms with van der Waals surface area (Å²) < 4.78 is 0. The van der Waals surface area contributed by atoms with E-state index in [1.807, 2.05) is 25.1 Å². The third-order valence-electron chi connectivity index (χ3n) is 2.89. The predicted octanol–water partition coefficient (Wildman–Crippen LogP) is 2.50. The predicted molar refractivity (Wildman–Crippen MR) is 81.5 cm³/mol. The van der Waals surface area contributed by atoms with E-state index in [0.717, 1.165) is 12.0 Å². The van der Waals surface area contributed by atoms with Gasteiger partial charge in [-0.25, -0.2) is 0 Å². The normalized spacial score (nSPS) is 10.1. The molecule has 0 atom stereocenters. The Kier molecular flexibility index (Phi) is 6.83. The van der Waals surface area contributed by atoms with E-state index < -0.39 is 0 Å². The number of aliphatic hydroxyl groups excluding tert-OH is 1. The van der Waals surface area contributed by atoms with E-state index in [2.05, 4.69) is 31.0 Å². The summed E-state index contributed by atoms with van der Waals surface area (Å²) in [5.41, 5.74) is 2.36. The van der Waals surface area contributed by atoms with E-state index >= 15 is 0 Å². The molecule has 3 heteroatoms. The summed E-state index contributed by atoms with van der Waals surface area (Å²) >= 11 is 0. The van der Waals surface area contributed by atoms with Crippen molar-refractivity contribution < 1.29 is 9.90 Å². The number of benzene rings is 1. The molecule has 1 aromatic carbocycles. The minimum atomic E-state index is -0.0809. The molecule has 1 aromatic rings. The molecule has 0 aliphatic carbocycles. The number of nitrogens with one attached hydrogen (secondary N) is 1. The first kappa shape index (κ1) is 16.3. The zero-order valence-corrected chi connectivity index (χ0v) is 12.5. The Bertz CT molecular complexity index is 509. The fraction of sp³-hybridized carbons (Fsp3) is 0.471. The highest BCUT2D eigenvalue weighted by atomic mass is 16.2. The van der Waals surface area contributed by atoms with Gasteiger partial charge in [0.05, 0.1) is 12.2 Å². The number of aryl methyl sites for hydroxylation is 1. The second kappa shape index (κ2) is 8.39. The standard InChI is InChI=1S/C17H23NO2/c1-13(2)9-10-18-17(20)16-12-14(3)7-8-15(16)6-4-5-11-19/h7-8,12-13,19H,5,9-11H2,1-3H3,(H,18,20). The van der Waals surface area contributed by atoms with Crippen molar-refractivity contribution in [3.05, 3.63) is 34.9 Å². The third kappa shape index (κ3) is 5.46. The van der Waals surface area contributed by atoms with Gasteiger partial charge in [0, 0.05) is 18.5 Å².